The van der Waals surface area contributed by atoms with E-state index >= 15 is 0 Å². The summed E-state index contributed by atoms with van der Waals surface area (Å²) < 4.78 is 5.40. The van der Waals surface area contributed by atoms with E-state index in [0.717, 1.165) is 6.04 Å². The highest BCUT2D eigenvalue weighted by Crippen LogP contribution is 2.21. The van der Waals surface area contributed by atoms with Crippen molar-refractivity contribution >= 4 is 0 Å². The number of rotatable bonds is 7. The second-order valence-electron chi connectivity index (χ2n) is 5.27. The van der Waals surface area contributed by atoms with Crippen molar-refractivity contribution in [3.05, 3.63) is 0 Å². The molecule has 0 aromatic rings. The van der Waals surface area contributed by atoms with Crippen molar-refractivity contribution in [3.63, 3.8) is 0 Å². The molecule has 1 atom stereocenters. The average molecular weight is 227 g/mol. The van der Waals surface area contributed by atoms with Crippen molar-refractivity contribution in [1.29, 1.82) is 0 Å². The van der Waals surface area contributed by atoms with Crippen molar-refractivity contribution < 1.29 is 4.74 Å². The van der Waals surface area contributed by atoms with Crippen LogP contribution in [0.4, 0.5) is 0 Å². The zero-order valence-electron chi connectivity index (χ0n) is 11.3. The molecule has 2 heteroatoms. The van der Waals surface area contributed by atoms with E-state index in [0.29, 0.717) is 12.1 Å². The molecule has 96 valence electrons. The molecule has 0 saturated heterocycles. The Kier molecular flexibility index (Phi) is 7.06. The van der Waals surface area contributed by atoms with Crippen LogP contribution in [0, 0.1) is 0 Å². The maximum Gasteiger partial charge on any atom is 0.0572 e. The van der Waals surface area contributed by atoms with Gasteiger partial charge in [-0.3, -0.25) is 0 Å². The van der Waals surface area contributed by atoms with Gasteiger partial charge in [0.05, 0.1) is 6.10 Å². The Labute approximate surface area is 101 Å². The van der Waals surface area contributed by atoms with E-state index in [1.165, 1.54) is 51.4 Å². The minimum absolute atomic E-state index is 0.522. The molecule has 0 amide bonds. The highest BCUT2D eigenvalue weighted by atomic mass is 16.5. The Morgan fingerprint density at radius 2 is 1.88 bits per heavy atom. The van der Waals surface area contributed by atoms with Crippen molar-refractivity contribution in [1.82, 2.24) is 5.32 Å². The molecule has 0 spiro atoms. The monoisotopic (exact) mass is 227 g/mol. The SMILES string of the molecule is CCCCCC(C)NC1CCC(OC)CC1. The standard InChI is InChI=1S/C14H29NO/c1-4-5-6-7-12(2)15-13-8-10-14(16-3)11-9-13/h12-15H,4-11H2,1-3H3. The van der Waals surface area contributed by atoms with Crippen molar-refractivity contribution in [2.45, 2.75) is 83.4 Å². The number of ether oxygens (including phenoxy) is 1. The number of nitrogens with one attached hydrogen (secondary N) is 1. The molecule has 16 heavy (non-hydrogen) atoms. The van der Waals surface area contributed by atoms with Gasteiger partial charge >= 0.3 is 0 Å². The second kappa shape index (κ2) is 8.08. The summed E-state index contributed by atoms with van der Waals surface area (Å²) in [5, 5.41) is 3.77. The van der Waals surface area contributed by atoms with Crippen LogP contribution in [0.1, 0.15) is 65.2 Å². The predicted molar refractivity (Wildman–Crippen MR) is 69.8 cm³/mol. The van der Waals surface area contributed by atoms with Gasteiger partial charge in [-0.1, -0.05) is 26.2 Å². The maximum atomic E-state index is 5.40. The Bertz CT molecular complexity index is 164. The van der Waals surface area contributed by atoms with Gasteiger partial charge in [0.1, 0.15) is 0 Å². The lowest BCUT2D eigenvalue weighted by molar-refractivity contribution is 0.0612. The highest BCUT2D eigenvalue weighted by molar-refractivity contribution is 4.79. The number of hydrogen-bond donors (Lipinski definition) is 1. The van der Waals surface area contributed by atoms with Gasteiger partial charge in [-0.05, 0) is 39.0 Å². The van der Waals surface area contributed by atoms with Gasteiger partial charge in [-0.15, -0.1) is 0 Å². The maximum absolute atomic E-state index is 5.40. The minimum Gasteiger partial charge on any atom is -0.381 e. The van der Waals surface area contributed by atoms with Crippen molar-refractivity contribution in [2.24, 2.45) is 0 Å². The Hall–Kier alpha value is -0.0800. The van der Waals surface area contributed by atoms with E-state index in [1.807, 2.05) is 7.11 Å². The van der Waals surface area contributed by atoms with Crippen LogP contribution in [0.2, 0.25) is 0 Å². The summed E-state index contributed by atoms with van der Waals surface area (Å²) in [7, 11) is 1.84. The van der Waals surface area contributed by atoms with Crippen LogP contribution < -0.4 is 5.32 Å². The van der Waals surface area contributed by atoms with E-state index < -0.39 is 0 Å². The molecule has 1 aliphatic carbocycles. The van der Waals surface area contributed by atoms with Crippen LogP contribution in [0.5, 0.6) is 0 Å². The van der Waals surface area contributed by atoms with Gasteiger partial charge in [-0.2, -0.15) is 0 Å². The van der Waals surface area contributed by atoms with E-state index in [2.05, 4.69) is 19.2 Å². The van der Waals surface area contributed by atoms with E-state index in [9.17, 15) is 0 Å². The first-order valence-electron chi connectivity index (χ1n) is 7.05. The summed E-state index contributed by atoms with van der Waals surface area (Å²) in [5.41, 5.74) is 0. The third kappa shape index (κ3) is 5.31. The third-order valence-electron chi connectivity index (χ3n) is 3.77. The van der Waals surface area contributed by atoms with Gasteiger partial charge in [0.25, 0.3) is 0 Å². The van der Waals surface area contributed by atoms with Gasteiger partial charge < -0.3 is 10.1 Å². The van der Waals surface area contributed by atoms with Gasteiger partial charge in [0.15, 0.2) is 0 Å². The van der Waals surface area contributed by atoms with Crippen LogP contribution in [-0.4, -0.2) is 25.3 Å². The van der Waals surface area contributed by atoms with Crippen LogP contribution in [0.15, 0.2) is 0 Å². The summed E-state index contributed by atoms with van der Waals surface area (Å²) in [6.07, 6.45) is 11.0. The Balaban J connectivity index is 2.08. The fourth-order valence-electron chi connectivity index (χ4n) is 2.65. The average Bonchev–Trinajstić information content (AvgIpc) is 2.30. The normalized spacial score (nSPS) is 27.9. The van der Waals surface area contributed by atoms with Crippen molar-refractivity contribution in [2.75, 3.05) is 7.11 Å². The molecular weight excluding hydrogens is 198 g/mol. The molecule has 1 N–H and O–H groups in total. The molecular formula is C14H29NO. The van der Waals surface area contributed by atoms with Crippen LogP contribution in [0.25, 0.3) is 0 Å². The Morgan fingerprint density at radius 3 is 2.44 bits per heavy atom. The largest absolute Gasteiger partial charge is 0.381 e. The molecule has 0 radical (unpaired) electrons. The number of hydrogen-bond acceptors (Lipinski definition) is 2. The van der Waals surface area contributed by atoms with E-state index in [1.54, 1.807) is 0 Å². The van der Waals surface area contributed by atoms with Crippen molar-refractivity contribution in [3.8, 4) is 0 Å². The first kappa shape index (κ1) is 14.0. The summed E-state index contributed by atoms with van der Waals surface area (Å²) in [5.74, 6) is 0. The smallest absolute Gasteiger partial charge is 0.0572 e. The molecule has 0 heterocycles. The summed E-state index contributed by atoms with van der Waals surface area (Å²) in [6, 6.07) is 1.43. The zero-order valence-corrected chi connectivity index (χ0v) is 11.3. The first-order chi connectivity index (χ1) is 7.76. The van der Waals surface area contributed by atoms with Crippen LogP contribution >= 0.6 is 0 Å². The molecule has 0 aromatic carbocycles. The fraction of sp³-hybridized carbons (Fsp3) is 1.00. The molecule has 1 rings (SSSR count). The van der Waals surface area contributed by atoms with Gasteiger partial charge in [-0.25, -0.2) is 0 Å². The molecule has 0 aliphatic heterocycles. The summed E-state index contributed by atoms with van der Waals surface area (Å²) in [6.45, 7) is 4.60. The lowest BCUT2D eigenvalue weighted by atomic mass is 9.92. The topological polar surface area (TPSA) is 21.3 Å². The highest BCUT2D eigenvalue weighted by Gasteiger charge is 2.21. The summed E-state index contributed by atoms with van der Waals surface area (Å²) in [4.78, 5) is 0. The fourth-order valence-corrected chi connectivity index (χ4v) is 2.65. The second-order valence-corrected chi connectivity index (χ2v) is 5.27. The minimum atomic E-state index is 0.522. The van der Waals surface area contributed by atoms with Gasteiger partial charge in [0, 0.05) is 19.2 Å². The zero-order chi connectivity index (χ0) is 11.8. The van der Waals surface area contributed by atoms with E-state index in [-0.39, 0.29) is 0 Å². The molecule has 1 unspecified atom stereocenters. The lowest BCUT2D eigenvalue weighted by Crippen LogP contribution is -2.40. The molecule has 1 aliphatic rings. The number of unbranched alkanes of at least 4 members (excludes halogenated alkanes) is 2. The first-order valence-corrected chi connectivity index (χ1v) is 7.05. The molecule has 1 fully saturated rings. The van der Waals surface area contributed by atoms with Crippen LogP contribution in [-0.2, 0) is 4.74 Å². The van der Waals surface area contributed by atoms with Crippen LogP contribution in [0.3, 0.4) is 0 Å². The third-order valence-corrected chi connectivity index (χ3v) is 3.77. The molecule has 0 bridgehead atoms. The Morgan fingerprint density at radius 1 is 1.19 bits per heavy atom. The number of methoxy groups -OCH3 is 1. The quantitative estimate of drug-likeness (QED) is 0.672. The molecule has 1 saturated carbocycles. The lowest BCUT2D eigenvalue weighted by Gasteiger charge is -2.30. The summed E-state index contributed by atoms with van der Waals surface area (Å²) >= 11 is 0. The molecule has 0 aromatic heterocycles. The molecule has 2 nitrogen and oxygen atoms in total. The van der Waals surface area contributed by atoms with Gasteiger partial charge in [0.2, 0.25) is 0 Å². The van der Waals surface area contributed by atoms with E-state index in [4.69, 9.17) is 4.74 Å². The predicted octanol–water partition coefficient (Wildman–Crippen LogP) is 3.50.